The van der Waals surface area contributed by atoms with E-state index in [2.05, 4.69) is 4.90 Å². The molecule has 3 aliphatic heterocycles. The molecule has 1 N–H and O–H groups in total. The van der Waals surface area contributed by atoms with Gasteiger partial charge in [0, 0.05) is 24.6 Å². The van der Waals surface area contributed by atoms with E-state index in [9.17, 15) is 19.9 Å². The molecule has 0 radical (unpaired) electrons. The predicted octanol–water partition coefficient (Wildman–Crippen LogP) is 6.74. The largest absolute Gasteiger partial charge is 0.619 e. The number of fused-ring (bicyclic) bond motifs is 3. The number of hydrogen-bond donors (Lipinski definition) is 1. The predicted molar refractivity (Wildman–Crippen MR) is 194 cm³/mol. The van der Waals surface area contributed by atoms with Crippen molar-refractivity contribution in [3.05, 3.63) is 111 Å². The van der Waals surface area contributed by atoms with Gasteiger partial charge in [0.1, 0.15) is 33.8 Å². The normalized spacial score (nSPS) is 18.3. The molecule has 3 aromatic carbocycles. The Hall–Kier alpha value is -4.91. The highest BCUT2D eigenvalue weighted by Gasteiger charge is 2.38. The Morgan fingerprint density at radius 3 is 2.25 bits per heavy atom. The molecule has 1 amide bonds. The van der Waals surface area contributed by atoms with Crippen LogP contribution in [0.1, 0.15) is 46.0 Å². The number of anilines is 1. The van der Waals surface area contributed by atoms with E-state index in [-0.39, 0.29) is 46.1 Å². The summed E-state index contributed by atoms with van der Waals surface area (Å²) in [4.78, 5) is 31.1. The molecular formula is C38H39Cl2N3O9. The van der Waals surface area contributed by atoms with Gasteiger partial charge < -0.3 is 34.0 Å². The number of carbonyl (C=O) groups excluding carboxylic acids is 2. The summed E-state index contributed by atoms with van der Waals surface area (Å²) in [6.45, 7) is 2.71. The van der Waals surface area contributed by atoms with E-state index in [0.717, 1.165) is 25.9 Å². The van der Waals surface area contributed by atoms with Crippen LogP contribution in [0.4, 0.5) is 10.5 Å². The second-order valence-corrected chi connectivity index (χ2v) is 13.5. The molecule has 0 unspecified atom stereocenters. The summed E-state index contributed by atoms with van der Waals surface area (Å²) in [5.74, 6) is 0.903. The van der Waals surface area contributed by atoms with E-state index >= 15 is 0 Å². The number of piperidine rings is 3. The second kappa shape index (κ2) is 16.2. The van der Waals surface area contributed by atoms with Crippen LogP contribution in [0.25, 0.3) is 0 Å². The average Bonchev–Trinajstić information content (AvgIpc) is 3.15. The highest BCUT2D eigenvalue weighted by molar-refractivity contribution is 6.35. The van der Waals surface area contributed by atoms with E-state index in [1.807, 2.05) is 0 Å². The molecule has 1 aromatic heterocycles. The number of hydrogen-bond acceptors (Lipinski definition) is 10. The average molecular weight is 753 g/mol. The summed E-state index contributed by atoms with van der Waals surface area (Å²) < 4.78 is 28.8. The smallest absolute Gasteiger partial charge is 0.415 e. The van der Waals surface area contributed by atoms with E-state index in [1.54, 1.807) is 54.6 Å². The number of halogens is 2. The van der Waals surface area contributed by atoms with Gasteiger partial charge in [0.05, 0.1) is 39.1 Å². The van der Waals surface area contributed by atoms with Crippen LogP contribution < -0.4 is 23.8 Å². The minimum Gasteiger partial charge on any atom is -0.619 e. The van der Waals surface area contributed by atoms with Crippen molar-refractivity contribution in [2.45, 2.75) is 38.0 Å². The van der Waals surface area contributed by atoms with Gasteiger partial charge in [-0.3, -0.25) is 9.80 Å². The number of carbonyl (C=O) groups is 2. The number of rotatable bonds is 12. The monoisotopic (exact) mass is 751 g/mol. The summed E-state index contributed by atoms with van der Waals surface area (Å²) in [6, 6.07) is 16.3. The van der Waals surface area contributed by atoms with Gasteiger partial charge in [0.15, 0.2) is 23.9 Å². The quantitative estimate of drug-likeness (QED) is 0.0943. The molecule has 0 saturated carbocycles. The molecule has 3 aliphatic rings. The van der Waals surface area contributed by atoms with Crippen LogP contribution in [0.5, 0.6) is 23.0 Å². The first-order valence-electron chi connectivity index (χ1n) is 16.7. The van der Waals surface area contributed by atoms with E-state index in [1.165, 1.54) is 44.7 Å². The van der Waals surface area contributed by atoms with Crippen molar-refractivity contribution in [2.24, 2.45) is 5.92 Å². The van der Waals surface area contributed by atoms with Crippen LogP contribution in [0, 0.1) is 11.1 Å². The number of esters is 1. The molecule has 7 rings (SSSR count). The molecule has 4 aromatic rings. The third kappa shape index (κ3) is 8.25. The lowest BCUT2D eigenvalue weighted by Gasteiger charge is -2.44. The fraction of sp³-hybridized carbons (Fsp3) is 0.342. The number of aromatic hydroxyl groups is 1. The summed E-state index contributed by atoms with van der Waals surface area (Å²) in [5, 5.41) is 23.0. The van der Waals surface area contributed by atoms with Gasteiger partial charge in [-0.15, -0.1) is 0 Å². The number of aromatic nitrogens is 1. The standard InChI is InChI=1S/C38H39Cl2N3O9/c1-48-27-9-10-32(44)31(17-27)43(38(46)52-36-22-41-14-12-24(36)13-15-41)19-23-4-6-25(7-5-23)37(45)51-34(18-28-29(39)20-42(47)21-30(28)40)26-8-11-33(49-2)35(16-26)50-3/h4-11,16-17,20-21,24,34,36,44H,12-15,18-19,22H2,1-3H3/t34-,36-/m0/s1. The van der Waals surface area contributed by atoms with Crippen LogP contribution in [0.2, 0.25) is 10.0 Å². The maximum Gasteiger partial charge on any atom is 0.415 e. The Morgan fingerprint density at radius 2 is 1.63 bits per heavy atom. The molecule has 2 atom stereocenters. The topological polar surface area (TPSA) is 134 Å². The molecule has 14 heteroatoms. The van der Waals surface area contributed by atoms with Crippen molar-refractivity contribution in [1.82, 2.24) is 4.90 Å². The van der Waals surface area contributed by atoms with Crippen molar-refractivity contribution >= 4 is 41.0 Å². The lowest BCUT2D eigenvalue weighted by molar-refractivity contribution is -0.605. The number of amides is 1. The van der Waals surface area contributed by atoms with Crippen molar-refractivity contribution in [3.63, 3.8) is 0 Å². The van der Waals surface area contributed by atoms with Crippen LogP contribution in [-0.4, -0.2) is 69.1 Å². The summed E-state index contributed by atoms with van der Waals surface area (Å²) in [6.07, 6.45) is 2.62. The minimum atomic E-state index is -0.892. The fourth-order valence-electron chi connectivity index (χ4n) is 6.65. The summed E-state index contributed by atoms with van der Waals surface area (Å²) in [5.41, 5.74) is 2.12. The highest BCUT2D eigenvalue weighted by Crippen LogP contribution is 2.37. The van der Waals surface area contributed by atoms with Gasteiger partial charge >= 0.3 is 12.1 Å². The van der Waals surface area contributed by atoms with Gasteiger partial charge in [0.2, 0.25) is 0 Å². The van der Waals surface area contributed by atoms with Crippen LogP contribution >= 0.6 is 23.2 Å². The molecular weight excluding hydrogens is 713 g/mol. The number of benzene rings is 3. The zero-order chi connectivity index (χ0) is 36.9. The number of phenols is 1. The lowest BCUT2D eigenvalue weighted by Crippen LogP contribution is -2.53. The van der Waals surface area contributed by atoms with Gasteiger partial charge in [0.25, 0.3) is 0 Å². The molecule has 0 aliphatic carbocycles. The highest BCUT2D eigenvalue weighted by atomic mass is 35.5. The van der Waals surface area contributed by atoms with Crippen molar-refractivity contribution < 1.29 is 43.1 Å². The van der Waals surface area contributed by atoms with E-state index in [0.29, 0.717) is 51.1 Å². The first-order valence-corrected chi connectivity index (χ1v) is 17.5. The van der Waals surface area contributed by atoms with Crippen molar-refractivity contribution in [3.8, 4) is 23.0 Å². The molecule has 12 nitrogen and oxygen atoms in total. The number of pyridine rings is 1. The van der Waals surface area contributed by atoms with Crippen LogP contribution in [-0.2, 0) is 22.4 Å². The number of ether oxygens (including phenoxy) is 5. The van der Waals surface area contributed by atoms with Gasteiger partial charge in [-0.05, 0) is 79.4 Å². The Bertz CT molecular complexity index is 1900. The summed E-state index contributed by atoms with van der Waals surface area (Å²) >= 11 is 12.8. The van der Waals surface area contributed by atoms with Gasteiger partial charge in [-0.2, -0.15) is 4.73 Å². The third-order valence-electron chi connectivity index (χ3n) is 9.55. The Labute approximate surface area is 311 Å². The maximum absolute atomic E-state index is 13.8. The number of methoxy groups -OCH3 is 3. The second-order valence-electron chi connectivity index (χ2n) is 12.7. The zero-order valence-electron chi connectivity index (χ0n) is 28.9. The maximum atomic E-state index is 13.8. The van der Waals surface area contributed by atoms with Crippen molar-refractivity contribution in [1.29, 1.82) is 0 Å². The zero-order valence-corrected chi connectivity index (χ0v) is 30.4. The Morgan fingerprint density at radius 1 is 0.942 bits per heavy atom. The summed E-state index contributed by atoms with van der Waals surface area (Å²) in [7, 11) is 4.51. The van der Waals surface area contributed by atoms with Crippen molar-refractivity contribution in [2.75, 3.05) is 45.9 Å². The SMILES string of the molecule is COc1ccc(O)c(N(Cc2ccc(C(=O)O[C@@H](Cc3c(Cl)c[n+]([O-])cc3Cl)c3ccc(OC)c(OC)c3)cc2)C(=O)O[C@H]2CN3CCC2CC3)c1. The fourth-order valence-corrected chi connectivity index (χ4v) is 7.25. The minimum absolute atomic E-state index is 0.0367. The van der Waals surface area contributed by atoms with Gasteiger partial charge in [-0.1, -0.05) is 41.4 Å². The molecule has 4 heterocycles. The van der Waals surface area contributed by atoms with Crippen LogP contribution in [0.15, 0.2) is 73.1 Å². The molecule has 3 saturated heterocycles. The molecule has 0 spiro atoms. The van der Waals surface area contributed by atoms with Gasteiger partial charge in [-0.25, -0.2) is 9.59 Å². The first-order chi connectivity index (χ1) is 25.1. The van der Waals surface area contributed by atoms with Crippen LogP contribution in [0.3, 0.4) is 0 Å². The Balaban J connectivity index is 1.24. The van der Waals surface area contributed by atoms with E-state index in [4.69, 9.17) is 46.9 Å². The van der Waals surface area contributed by atoms with E-state index < -0.39 is 18.2 Å². The number of phenolic OH excluding ortho intramolecular Hbond substituents is 1. The molecule has 52 heavy (non-hydrogen) atoms. The third-order valence-corrected chi connectivity index (χ3v) is 10.2. The first kappa shape index (κ1) is 36.9. The lowest BCUT2D eigenvalue weighted by atomic mass is 9.86. The Kier molecular flexibility index (Phi) is 11.5. The number of nitrogens with zero attached hydrogens (tertiary/aromatic N) is 3. The molecule has 274 valence electrons. The molecule has 2 bridgehead atoms. The molecule has 3 fully saturated rings.